The Hall–Kier alpha value is -0.0800. The summed E-state index contributed by atoms with van der Waals surface area (Å²) in [6.07, 6.45) is 2.12. The first-order valence-electron chi connectivity index (χ1n) is 5.92. The van der Waals surface area contributed by atoms with Crippen molar-refractivity contribution in [2.45, 2.75) is 52.7 Å². The maximum absolute atomic E-state index is 9.66. The summed E-state index contributed by atoms with van der Waals surface area (Å²) in [5, 5.41) is 9.66. The van der Waals surface area contributed by atoms with Crippen LogP contribution in [0.25, 0.3) is 0 Å². The Labute approximate surface area is 88.3 Å². The van der Waals surface area contributed by atoms with Gasteiger partial charge in [-0.2, -0.15) is 0 Å². The Balaban J connectivity index is 2.43. The number of rotatable bonds is 5. The molecule has 2 nitrogen and oxygen atoms in total. The average Bonchev–Trinajstić information content (AvgIpc) is 1.99. The van der Waals surface area contributed by atoms with E-state index < -0.39 is 0 Å². The minimum absolute atomic E-state index is 0.0625. The number of nitrogens with zero attached hydrogens (tertiary/aromatic N) is 1. The molecule has 1 N–H and O–H groups in total. The van der Waals surface area contributed by atoms with Gasteiger partial charge in [0.25, 0.3) is 0 Å². The zero-order valence-corrected chi connectivity index (χ0v) is 10.0. The first-order chi connectivity index (χ1) is 6.50. The second-order valence-corrected chi connectivity index (χ2v) is 5.45. The molecule has 84 valence electrons. The molecule has 14 heavy (non-hydrogen) atoms. The van der Waals surface area contributed by atoms with Crippen molar-refractivity contribution in [1.82, 2.24) is 4.90 Å². The normalized spacial score (nSPS) is 27.4. The summed E-state index contributed by atoms with van der Waals surface area (Å²) < 4.78 is 0. The molecule has 1 aliphatic carbocycles. The van der Waals surface area contributed by atoms with E-state index in [1.807, 2.05) is 0 Å². The average molecular weight is 199 g/mol. The summed E-state index contributed by atoms with van der Waals surface area (Å²) in [7, 11) is 0. The third kappa shape index (κ3) is 3.25. The standard InChI is InChI=1S/C12H25NO/c1-9(2)7-13(8-10(3)4)11-5-6-12(11)14/h9-12,14H,5-8H2,1-4H3/t11-,12-/m1/s1. The molecule has 0 aromatic rings. The number of hydrogen-bond donors (Lipinski definition) is 1. The molecule has 0 aromatic heterocycles. The highest BCUT2D eigenvalue weighted by molar-refractivity contribution is 4.89. The quantitative estimate of drug-likeness (QED) is 0.733. The third-order valence-electron chi connectivity index (χ3n) is 2.87. The number of hydrogen-bond acceptors (Lipinski definition) is 2. The molecule has 1 aliphatic rings. The van der Waals surface area contributed by atoms with Gasteiger partial charge in [0.15, 0.2) is 0 Å². The zero-order valence-electron chi connectivity index (χ0n) is 10.0. The minimum atomic E-state index is -0.0625. The van der Waals surface area contributed by atoms with Crippen LogP contribution in [0.4, 0.5) is 0 Å². The van der Waals surface area contributed by atoms with Crippen molar-refractivity contribution in [1.29, 1.82) is 0 Å². The summed E-state index contributed by atoms with van der Waals surface area (Å²) >= 11 is 0. The monoisotopic (exact) mass is 199 g/mol. The Morgan fingerprint density at radius 2 is 1.57 bits per heavy atom. The molecule has 0 aromatic carbocycles. The summed E-state index contributed by atoms with van der Waals surface area (Å²) in [6.45, 7) is 11.2. The molecule has 0 radical (unpaired) electrons. The van der Waals surface area contributed by atoms with Crippen molar-refractivity contribution in [2.75, 3.05) is 13.1 Å². The van der Waals surface area contributed by atoms with Crippen LogP contribution in [0, 0.1) is 11.8 Å². The Morgan fingerprint density at radius 3 is 1.79 bits per heavy atom. The van der Waals surface area contributed by atoms with E-state index in [2.05, 4.69) is 32.6 Å². The molecule has 0 aliphatic heterocycles. The van der Waals surface area contributed by atoms with E-state index in [1.54, 1.807) is 0 Å². The molecular weight excluding hydrogens is 174 g/mol. The fraction of sp³-hybridized carbons (Fsp3) is 1.00. The van der Waals surface area contributed by atoms with Gasteiger partial charge >= 0.3 is 0 Å². The van der Waals surface area contributed by atoms with Crippen molar-refractivity contribution < 1.29 is 5.11 Å². The second kappa shape index (κ2) is 5.13. The maximum Gasteiger partial charge on any atom is 0.0696 e. The summed E-state index contributed by atoms with van der Waals surface area (Å²) in [4.78, 5) is 2.48. The lowest BCUT2D eigenvalue weighted by Crippen LogP contribution is -2.52. The predicted octanol–water partition coefficient (Wildman–Crippen LogP) is 2.12. The number of aliphatic hydroxyl groups excluding tert-OH is 1. The second-order valence-electron chi connectivity index (χ2n) is 5.45. The Bertz CT molecular complexity index is 158. The zero-order chi connectivity index (χ0) is 10.7. The van der Waals surface area contributed by atoms with Crippen LogP contribution in [-0.4, -0.2) is 35.2 Å². The van der Waals surface area contributed by atoms with Crippen molar-refractivity contribution in [3.63, 3.8) is 0 Å². The SMILES string of the molecule is CC(C)CN(CC(C)C)[C@@H]1CC[C@H]1O. The number of aliphatic hydroxyl groups is 1. The topological polar surface area (TPSA) is 23.5 Å². The maximum atomic E-state index is 9.66. The van der Waals surface area contributed by atoms with Gasteiger partial charge in [-0.15, -0.1) is 0 Å². The smallest absolute Gasteiger partial charge is 0.0696 e. The minimum Gasteiger partial charge on any atom is -0.391 e. The van der Waals surface area contributed by atoms with Gasteiger partial charge in [-0.05, 0) is 24.7 Å². The van der Waals surface area contributed by atoms with Gasteiger partial charge in [0.1, 0.15) is 0 Å². The third-order valence-corrected chi connectivity index (χ3v) is 2.87. The van der Waals surface area contributed by atoms with E-state index in [9.17, 15) is 5.11 Å². The van der Waals surface area contributed by atoms with Crippen LogP contribution in [0.1, 0.15) is 40.5 Å². The molecule has 0 amide bonds. The van der Waals surface area contributed by atoms with Crippen molar-refractivity contribution >= 4 is 0 Å². The predicted molar refractivity (Wildman–Crippen MR) is 60.3 cm³/mol. The lowest BCUT2D eigenvalue weighted by atomic mass is 9.86. The fourth-order valence-corrected chi connectivity index (χ4v) is 2.17. The van der Waals surface area contributed by atoms with E-state index in [-0.39, 0.29) is 6.10 Å². The van der Waals surface area contributed by atoms with Gasteiger partial charge in [0.05, 0.1) is 6.10 Å². The highest BCUT2D eigenvalue weighted by Gasteiger charge is 2.34. The van der Waals surface area contributed by atoms with Crippen LogP contribution >= 0.6 is 0 Å². The molecule has 0 bridgehead atoms. The van der Waals surface area contributed by atoms with Crippen LogP contribution in [-0.2, 0) is 0 Å². The molecule has 1 fully saturated rings. The largest absolute Gasteiger partial charge is 0.391 e. The molecule has 0 heterocycles. The van der Waals surface area contributed by atoms with Crippen molar-refractivity contribution in [2.24, 2.45) is 11.8 Å². The van der Waals surface area contributed by atoms with E-state index in [1.165, 1.54) is 6.42 Å². The molecular formula is C12H25NO. The molecule has 1 rings (SSSR count). The Kier molecular flexibility index (Phi) is 4.39. The van der Waals surface area contributed by atoms with Crippen LogP contribution < -0.4 is 0 Å². The fourth-order valence-electron chi connectivity index (χ4n) is 2.17. The van der Waals surface area contributed by atoms with Gasteiger partial charge < -0.3 is 5.11 Å². The molecule has 2 atom stereocenters. The van der Waals surface area contributed by atoms with Gasteiger partial charge in [-0.1, -0.05) is 27.7 Å². The van der Waals surface area contributed by atoms with E-state index in [0.29, 0.717) is 17.9 Å². The van der Waals surface area contributed by atoms with Crippen LogP contribution in [0.3, 0.4) is 0 Å². The highest BCUT2D eigenvalue weighted by Crippen LogP contribution is 2.26. The van der Waals surface area contributed by atoms with Crippen molar-refractivity contribution in [3.8, 4) is 0 Å². The molecule has 0 spiro atoms. The van der Waals surface area contributed by atoms with Crippen LogP contribution in [0.15, 0.2) is 0 Å². The summed E-state index contributed by atoms with van der Waals surface area (Å²) in [6, 6.07) is 0.444. The summed E-state index contributed by atoms with van der Waals surface area (Å²) in [5.41, 5.74) is 0. The van der Waals surface area contributed by atoms with Gasteiger partial charge in [0, 0.05) is 19.1 Å². The van der Waals surface area contributed by atoms with Gasteiger partial charge in [-0.3, -0.25) is 4.90 Å². The van der Waals surface area contributed by atoms with Gasteiger partial charge in [0.2, 0.25) is 0 Å². The molecule has 1 saturated carbocycles. The lowest BCUT2D eigenvalue weighted by molar-refractivity contribution is -0.0297. The highest BCUT2D eigenvalue weighted by atomic mass is 16.3. The van der Waals surface area contributed by atoms with E-state index >= 15 is 0 Å². The van der Waals surface area contributed by atoms with E-state index in [0.717, 1.165) is 19.5 Å². The first-order valence-corrected chi connectivity index (χ1v) is 5.92. The molecule has 0 unspecified atom stereocenters. The van der Waals surface area contributed by atoms with E-state index in [4.69, 9.17) is 0 Å². The summed E-state index contributed by atoms with van der Waals surface area (Å²) in [5.74, 6) is 1.39. The van der Waals surface area contributed by atoms with Gasteiger partial charge in [-0.25, -0.2) is 0 Å². The Morgan fingerprint density at radius 1 is 1.07 bits per heavy atom. The lowest BCUT2D eigenvalue weighted by Gasteiger charge is -2.43. The first kappa shape index (κ1) is 12.0. The van der Waals surface area contributed by atoms with Crippen molar-refractivity contribution in [3.05, 3.63) is 0 Å². The van der Waals surface area contributed by atoms with Crippen LogP contribution in [0.5, 0.6) is 0 Å². The molecule has 2 heteroatoms. The molecule has 0 saturated heterocycles. The van der Waals surface area contributed by atoms with Crippen LogP contribution in [0.2, 0.25) is 0 Å².